The van der Waals surface area contributed by atoms with Crippen LogP contribution in [-0.4, -0.2) is 54.2 Å². The van der Waals surface area contributed by atoms with Crippen molar-refractivity contribution in [3.05, 3.63) is 59.7 Å². The van der Waals surface area contributed by atoms with Crippen LogP contribution in [-0.2, 0) is 19.1 Å². The molecule has 0 spiro atoms. The molecule has 1 N–H and O–H groups in total. The number of amides is 2. The third-order valence-electron chi connectivity index (χ3n) is 8.73. The van der Waals surface area contributed by atoms with Gasteiger partial charge in [-0.3, -0.25) is 9.59 Å². The number of benzene rings is 2. The first-order chi connectivity index (χ1) is 19.1. The van der Waals surface area contributed by atoms with Crippen molar-refractivity contribution >= 4 is 18.0 Å². The lowest BCUT2D eigenvalue weighted by Crippen LogP contribution is -2.46. The number of ether oxygens (including phenoxy) is 2. The van der Waals surface area contributed by atoms with E-state index >= 15 is 0 Å². The molecule has 7 nitrogen and oxygen atoms in total. The Morgan fingerprint density at radius 3 is 2.17 bits per heavy atom. The number of esters is 1. The van der Waals surface area contributed by atoms with Crippen molar-refractivity contribution in [2.24, 2.45) is 11.8 Å². The van der Waals surface area contributed by atoms with Gasteiger partial charge >= 0.3 is 12.1 Å². The zero-order chi connectivity index (χ0) is 28.4. The Morgan fingerprint density at radius 2 is 1.52 bits per heavy atom. The molecule has 2 fully saturated rings. The second kappa shape index (κ2) is 11.6. The monoisotopic (exact) mass is 546 g/mol. The number of carbonyl (C=O) groups is 3. The standard InChI is InChI=1S/C33H42N2O5/c1-33(2,3)40-32(38)34-23-11-9-10-21(18-23)30(36)35(4)24-17-16-22(19-24)31(37)39-20-29-27-14-7-5-12-25(27)26-13-6-8-15-28(26)29/h5-8,12-15,21-24,29H,9-11,16-20H2,1-4H3,(H,34,38)/t21-,22+,23+,24-/m1/s1. The summed E-state index contributed by atoms with van der Waals surface area (Å²) < 4.78 is 11.3. The van der Waals surface area contributed by atoms with Gasteiger partial charge in [0, 0.05) is 31.0 Å². The Bertz CT molecular complexity index is 1210. The van der Waals surface area contributed by atoms with E-state index in [1.165, 1.54) is 22.3 Å². The molecule has 0 radical (unpaired) electrons. The highest BCUT2D eigenvalue weighted by atomic mass is 16.6. The van der Waals surface area contributed by atoms with Gasteiger partial charge in [0.15, 0.2) is 0 Å². The van der Waals surface area contributed by atoms with E-state index in [-0.39, 0.29) is 41.7 Å². The molecule has 40 heavy (non-hydrogen) atoms. The largest absolute Gasteiger partial charge is 0.464 e. The normalized spacial score (nSPS) is 24.1. The van der Waals surface area contributed by atoms with E-state index in [4.69, 9.17) is 9.47 Å². The van der Waals surface area contributed by atoms with Crippen molar-refractivity contribution in [3.8, 4) is 11.1 Å². The average Bonchev–Trinajstić information content (AvgIpc) is 3.54. The molecule has 7 heteroatoms. The fraction of sp³-hybridized carbons (Fsp3) is 0.545. The van der Waals surface area contributed by atoms with Crippen molar-refractivity contribution in [2.75, 3.05) is 13.7 Å². The molecular weight excluding hydrogens is 504 g/mol. The van der Waals surface area contributed by atoms with Crippen LogP contribution in [0.1, 0.15) is 82.8 Å². The summed E-state index contributed by atoms with van der Waals surface area (Å²) in [6.07, 6.45) is 4.89. The van der Waals surface area contributed by atoms with E-state index < -0.39 is 11.7 Å². The van der Waals surface area contributed by atoms with E-state index in [9.17, 15) is 14.4 Å². The lowest BCUT2D eigenvalue weighted by Gasteiger charge is -2.34. The SMILES string of the molecule is CN(C(=O)[C@@H]1CCC[C@H](NC(=O)OC(C)(C)C)C1)[C@@H]1CC[C@H](C(=O)OCC2c3ccccc3-c3ccccc32)C1. The maximum absolute atomic E-state index is 13.4. The molecule has 2 amide bonds. The molecule has 0 aromatic heterocycles. The highest BCUT2D eigenvalue weighted by Crippen LogP contribution is 2.44. The Balaban J connectivity index is 1.13. The summed E-state index contributed by atoms with van der Waals surface area (Å²) in [5.74, 6) is -0.336. The summed E-state index contributed by atoms with van der Waals surface area (Å²) in [6.45, 7) is 5.85. The number of alkyl carbamates (subject to hydrolysis) is 1. The number of carbonyl (C=O) groups excluding carboxylic acids is 3. The zero-order valence-corrected chi connectivity index (χ0v) is 24.2. The first kappa shape index (κ1) is 28.2. The van der Waals surface area contributed by atoms with Gasteiger partial charge in [-0.2, -0.15) is 0 Å². The summed E-state index contributed by atoms with van der Waals surface area (Å²) in [7, 11) is 1.86. The van der Waals surface area contributed by atoms with E-state index in [0.717, 1.165) is 32.1 Å². The summed E-state index contributed by atoms with van der Waals surface area (Å²) in [4.78, 5) is 40.6. The fourth-order valence-electron chi connectivity index (χ4n) is 6.73. The van der Waals surface area contributed by atoms with Crippen molar-refractivity contribution in [2.45, 2.75) is 89.3 Å². The Kier molecular flexibility index (Phi) is 8.20. The molecule has 2 saturated carbocycles. The van der Waals surface area contributed by atoms with E-state index in [1.54, 1.807) is 0 Å². The number of fused-ring (bicyclic) bond motifs is 3. The maximum Gasteiger partial charge on any atom is 0.407 e. The number of hydrogen-bond donors (Lipinski definition) is 1. The van der Waals surface area contributed by atoms with Crippen LogP contribution in [0.25, 0.3) is 11.1 Å². The van der Waals surface area contributed by atoms with E-state index in [0.29, 0.717) is 19.4 Å². The molecule has 4 atom stereocenters. The number of rotatable bonds is 6. The molecule has 5 rings (SSSR count). The molecule has 3 aliphatic rings. The Labute approximate surface area is 237 Å². The third kappa shape index (κ3) is 6.18. The topological polar surface area (TPSA) is 84.9 Å². The molecule has 0 saturated heterocycles. The highest BCUT2D eigenvalue weighted by Gasteiger charge is 2.38. The predicted molar refractivity (Wildman–Crippen MR) is 154 cm³/mol. The first-order valence-electron chi connectivity index (χ1n) is 14.7. The van der Waals surface area contributed by atoms with Crippen LogP contribution in [0.5, 0.6) is 0 Å². The number of hydrogen-bond acceptors (Lipinski definition) is 5. The molecule has 2 aromatic carbocycles. The predicted octanol–water partition coefficient (Wildman–Crippen LogP) is 6.05. The molecule has 0 heterocycles. The summed E-state index contributed by atoms with van der Waals surface area (Å²) in [5.41, 5.74) is 4.29. The summed E-state index contributed by atoms with van der Waals surface area (Å²) in [5, 5.41) is 2.95. The average molecular weight is 547 g/mol. The van der Waals surface area contributed by atoms with Gasteiger partial charge in [0.05, 0.1) is 5.92 Å². The minimum absolute atomic E-state index is 0.0252. The van der Waals surface area contributed by atoms with Gasteiger partial charge in [-0.1, -0.05) is 55.0 Å². The molecular formula is C33H42N2O5. The summed E-state index contributed by atoms with van der Waals surface area (Å²) in [6, 6.07) is 16.6. The third-order valence-corrected chi connectivity index (χ3v) is 8.73. The van der Waals surface area contributed by atoms with Gasteiger partial charge in [0.1, 0.15) is 12.2 Å². The lowest BCUT2D eigenvalue weighted by atomic mass is 9.84. The van der Waals surface area contributed by atoms with Gasteiger partial charge < -0.3 is 19.7 Å². The van der Waals surface area contributed by atoms with Gasteiger partial charge in [0.2, 0.25) is 5.91 Å². The van der Waals surface area contributed by atoms with Crippen LogP contribution >= 0.6 is 0 Å². The van der Waals surface area contributed by atoms with Crippen molar-refractivity contribution < 1.29 is 23.9 Å². The quantitative estimate of drug-likeness (QED) is 0.446. The van der Waals surface area contributed by atoms with Crippen LogP contribution < -0.4 is 5.32 Å². The number of nitrogens with zero attached hydrogens (tertiary/aromatic N) is 1. The van der Waals surface area contributed by atoms with Crippen LogP contribution in [0.3, 0.4) is 0 Å². The van der Waals surface area contributed by atoms with Gasteiger partial charge in [-0.05, 0) is 81.5 Å². The second-order valence-corrected chi connectivity index (χ2v) is 12.7. The maximum atomic E-state index is 13.4. The van der Waals surface area contributed by atoms with E-state index in [1.807, 2.05) is 57.0 Å². The first-order valence-corrected chi connectivity index (χ1v) is 14.7. The molecule has 0 bridgehead atoms. The zero-order valence-electron chi connectivity index (χ0n) is 24.2. The Morgan fingerprint density at radius 1 is 0.875 bits per heavy atom. The molecule has 0 unspecified atom stereocenters. The minimum atomic E-state index is -0.555. The van der Waals surface area contributed by atoms with Crippen molar-refractivity contribution in [3.63, 3.8) is 0 Å². The molecule has 0 aliphatic heterocycles. The molecule has 2 aromatic rings. The van der Waals surface area contributed by atoms with Gasteiger partial charge in [-0.15, -0.1) is 0 Å². The van der Waals surface area contributed by atoms with Gasteiger partial charge in [-0.25, -0.2) is 4.79 Å². The number of nitrogens with one attached hydrogen (secondary N) is 1. The Hall–Kier alpha value is -3.35. The van der Waals surface area contributed by atoms with Crippen LogP contribution in [0, 0.1) is 11.8 Å². The minimum Gasteiger partial charge on any atom is -0.464 e. The second-order valence-electron chi connectivity index (χ2n) is 12.7. The van der Waals surface area contributed by atoms with Crippen LogP contribution in [0.2, 0.25) is 0 Å². The van der Waals surface area contributed by atoms with Crippen molar-refractivity contribution in [1.82, 2.24) is 10.2 Å². The fourth-order valence-corrected chi connectivity index (χ4v) is 6.73. The van der Waals surface area contributed by atoms with Gasteiger partial charge in [0.25, 0.3) is 0 Å². The van der Waals surface area contributed by atoms with Crippen LogP contribution in [0.15, 0.2) is 48.5 Å². The summed E-state index contributed by atoms with van der Waals surface area (Å²) >= 11 is 0. The molecule has 214 valence electrons. The molecule has 3 aliphatic carbocycles. The van der Waals surface area contributed by atoms with E-state index in [2.05, 4.69) is 29.6 Å². The van der Waals surface area contributed by atoms with Crippen molar-refractivity contribution in [1.29, 1.82) is 0 Å². The smallest absolute Gasteiger partial charge is 0.407 e. The van der Waals surface area contributed by atoms with Crippen LogP contribution in [0.4, 0.5) is 4.79 Å². The lowest BCUT2D eigenvalue weighted by molar-refractivity contribution is -0.149. The highest BCUT2D eigenvalue weighted by molar-refractivity contribution is 5.80.